The molecule has 2 aliphatic rings. The molecule has 16 heavy (non-hydrogen) atoms. The van der Waals surface area contributed by atoms with Crippen LogP contribution >= 0.6 is 0 Å². The van der Waals surface area contributed by atoms with Crippen molar-refractivity contribution in [3.63, 3.8) is 0 Å². The minimum Gasteiger partial charge on any atom is -0.330 e. The van der Waals surface area contributed by atoms with Gasteiger partial charge in [0.1, 0.15) is 6.04 Å². The molecule has 2 fully saturated rings. The molecule has 1 atom stereocenters. The second kappa shape index (κ2) is 4.53. The maximum absolute atomic E-state index is 12.9. The Labute approximate surface area is 94.0 Å². The van der Waals surface area contributed by atoms with E-state index in [1.54, 1.807) is 4.90 Å². The van der Waals surface area contributed by atoms with Crippen molar-refractivity contribution in [1.82, 2.24) is 4.90 Å². The molecule has 2 N–H and O–H groups in total. The quantitative estimate of drug-likeness (QED) is 0.765. The lowest BCUT2D eigenvalue weighted by molar-refractivity contribution is -0.187. The van der Waals surface area contributed by atoms with Gasteiger partial charge in [-0.2, -0.15) is 13.2 Å². The molecule has 0 bridgehead atoms. The fraction of sp³-hybridized carbons (Fsp3) is 1.00. The standard InChI is InChI=1S/C11H19F3N2/c12-11(13,14)10(5-6-15)16(9-3-4-9)7-8-1-2-8/h8-10H,1-7,15H2. The monoisotopic (exact) mass is 236 g/mol. The van der Waals surface area contributed by atoms with E-state index in [0.29, 0.717) is 12.5 Å². The minimum absolute atomic E-state index is 0.0344. The summed E-state index contributed by atoms with van der Waals surface area (Å²) in [4.78, 5) is 1.67. The van der Waals surface area contributed by atoms with E-state index in [1.807, 2.05) is 0 Å². The van der Waals surface area contributed by atoms with Gasteiger partial charge in [-0.1, -0.05) is 0 Å². The van der Waals surface area contributed by atoms with Gasteiger partial charge in [-0.05, 0) is 44.6 Å². The van der Waals surface area contributed by atoms with Crippen LogP contribution in [0.1, 0.15) is 32.1 Å². The van der Waals surface area contributed by atoms with Gasteiger partial charge in [-0.3, -0.25) is 4.90 Å². The summed E-state index contributed by atoms with van der Waals surface area (Å²) in [6.45, 7) is 0.729. The minimum atomic E-state index is -4.13. The van der Waals surface area contributed by atoms with Crippen LogP contribution in [0.15, 0.2) is 0 Å². The summed E-state index contributed by atoms with van der Waals surface area (Å²) in [6.07, 6.45) is -0.0653. The molecule has 5 heteroatoms. The first-order valence-corrected chi connectivity index (χ1v) is 6.05. The van der Waals surface area contributed by atoms with Gasteiger partial charge >= 0.3 is 6.18 Å². The number of nitrogens with zero attached hydrogens (tertiary/aromatic N) is 1. The summed E-state index contributed by atoms with van der Waals surface area (Å²) in [5, 5.41) is 0. The summed E-state index contributed by atoms with van der Waals surface area (Å²) < 4.78 is 38.8. The molecule has 0 spiro atoms. The third-order valence-corrected chi connectivity index (χ3v) is 3.40. The Morgan fingerprint density at radius 1 is 1.19 bits per heavy atom. The van der Waals surface area contributed by atoms with Gasteiger partial charge in [0.2, 0.25) is 0 Å². The Kier molecular flexibility index (Phi) is 3.45. The van der Waals surface area contributed by atoms with Gasteiger partial charge in [0.15, 0.2) is 0 Å². The van der Waals surface area contributed by atoms with Crippen molar-refractivity contribution in [2.45, 2.75) is 50.4 Å². The largest absolute Gasteiger partial charge is 0.404 e. The predicted molar refractivity (Wildman–Crippen MR) is 56.0 cm³/mol. The molecule has 0 radical (unpaired) electrons. The highest BCUT2D eigenvalue weighted by Gasteiger charge is 2.48. The highest BCUT2D eigenvalue weighted by Crippen LogP contribution is 2.40. The van der Waals surface area contributed by atoms with E-state index >= 15 is 0 Å². The average molecular weight is 236 g/mol. The molecule has 0 aromatic carbocycles. The highest BCUT2D eigenvalue weighted by atomic mass is 19.4. The SMILES string of the molecule is NCCC(N(CC1CC1)C1CC1)C(F)(F)F. The van der Waals surface area contributed by atoms with E-state index < -0.39 is 12.2 Å². The molecule has 94 valence electrons. The van der Waals surface area contributed by atoms with Crippen LogP contribution in [0.3, 0.4) is 0 Å². The van der Waals surface area contributed by atoms with Crippen molar-refractivity contribution < 1.29 is 13.2 Å². The third kappa shape index (κ3) is 3.10. The van der Waals surface area contributed by atoms with E-state index in [0.717, 1.165) is 25.7 Å². The molecule has 2 saturated carbocycles. The van der Waals surface area contributed by atoms with Crippen LogP contribution in [0.2, 0.25) is 0 Å². The van der Waals surface area contributed by atoms with Crippen LogP contribution in [-0.2, 0) is 0 Å². The van der Waals surface area contributed by atoms with Crippen LogP contribution in [0.25, 0.3) is 0 Å². The van der Waals surface area contributed by atoms with E-state index in [1.165, 1.54) is 0 Å². The lowest BCUT2D eigenvalue weighted by Crippen LogP contribution is -2.48. The first-order chi connectivity index (χ1) is 7.52. The number of rotatable bonds is 6. The molecule has 2 aliphatic carbocycles. The van der Waals surface area contributed by atoms with Crippen molar-refractivity contribution in [3.8, 4) is 0 Å². The van der Waals surface area contributed by atoms with Crippen LogP contribution in [0, 0.1) is 5.92 Å². The van der Waals surface area contributed by atoms with E-state index in [2.05, 4.69) is 0 Å². The van der Waals surface area contributed by atoms with Crippen molar-refractivity contribution in [2.75, 3.05) is 13.1 Å². The van der Waals surface area contributed by atoms with Crippen LogP contribution in [0.5, 0.6) is 0 Å². The lowest BCUT2D eigenvalue weighted by atomic mass is 10.1. The first-order valence-electron chi connectivity index (χ1n) is 6.05. The van der Waals surface area contributed by atoms with Gasteiger partial charge in [-0.25, -0.2) is 0 Å². The second-order valence-electron chi connectivity index (χ2n) is 5.01. The molecule has 0 aromatic heterocycles. The molecule has 0 heterocycles. The molecule has 0 aliphatic heterocycles. The summed E-state index contributed by atoms with van der Waals surface area (Å²) in [6, 6.07) is -1.15. The Hall–Kier alpha value is -0.290. The maximum Gasteiger partial charge on any atom is 0.404 e. The molecular weight excluding hydrogens is 217 g/mol. The first kappa shape index (κ1) is 12.2. The van der Waals surface area contributed by atoms with Crippen molar-refractivity contribution in [3.05, 3.63) is 0 Å². The van der Waals surface area contributed by atoms with Crippen molar-refractivity contribution >= 4 is 0 Å². The molecule has 0 aromatic rings. The summed E-state index contributed by atoms with van der Waals surface area (Å²) in [5.74, 6) is 0.503. The lowest BCUT2D eigenvalue weighted by Gasteiger charge is -2.33. The molecule has 0 amide bonds. The Morgan fingerprint density at radius 2 is 1.81 bits per heavy atom. The van der Waals surface area contributed by atoms with Gasteiger partial charge < -0.3 is 5.73 Å². The fourth-order valence-corrected chi connectivity index (χ4v) is 2.21. The van der Waals surface area contributed by atoms with E-state index in [-0.39, 0.29) is 19.0 Å². The van der Waals surface area contributed by atoms with Crippen molar-refractivity contribution in [1.29, 1.82) is 0 Å². The fourth-order valence-electron chi connectivity index (χ4n) is 2.21. The number of hydrogen-bond donors (Lipinski definition) is 1. The third-order valence-electron chi connectivity index (χ3n) is 3.40. The van der Waals surface area contributed by atoms with E-state index in [9.17, 15) is 13.2 Å². The Bertz CT molecular complexity index is 234. The zero-order valence-electron chi connectivity index (χ0n) is 9.34. The highest BCUT2D eigenvalue weighted by molar-refractivity contribution is 4.94. The van der Waals surface area contributed by atoms with Gasteiger partial charge in [0.05, 0.1) is 0 Å². The molecule has 2 rings (SSSR count). The van der Waals surface area contributed by atoms with Gasteiger partial charge in [0.25, 0.3) is 0 Å². The predicted octanol–water partition coefficient (Wildman–Crippen LogP) is 2.14. The van der Waals surface area contributed by atoms with Crippen LogP contribution in [0.4, 0.5) is 13.2 Å². The second-order valence-corrected chi connectivity index (χ2v) is 5.01. The molecule has 2 nitrogen and oxygen atoms in total. The number of alkyl halides is 3. The topological polar surface area (TPSA) is 29.3 Å². The summed E-state index contributed by atoms with van der Waals surface area (Å²) >= 11 is 0. The number of nitrogens with two attached hydrogens (primary N) is 1. The summed E-state index contributed by atoms with van der Waals surface area (Å²) in [5.41, 5.74) is 5.30. The molecule has 0 saturated heterocycles. The van der Waals surface area contributed by atoms with E-state index in [4.69, 9.17) is 5.73 Å². The molecular formula is C11H19F3N2. The Balaban J connectivity index is 2.00. The molecule has 1 unspecified atom stereocenters. The zero-order valence-corrected chi connectivity index (χ0v) is 9.34. The smallest absolute Gasteiger partial charge is 0.330 e. The zero-order chi connectivity index (χ0) is 11.8. The van der Waals surface area contributed by atoms with Crippen molar-refractivity contribution in [2.24, 2.45) is 11.7 Å². The van der Waals surface area contributed by atoms with Crippen LogP contribution in [-0.4, -0.2) is 36.2 Å². The number of hydrogen-bond acceptors (Lipinski definition) is 2. The van der Waals surface area contributed by atoms with Gasteiger partial charge in [0, 0.05) is 12.6 Å². The number of halogens is 3. The normalized spacial score (nSPS) is 23.8. The average Bonchev–Trinajstić information content (AvgIpc) is 2.98. The Morgan fingerprint density at radius 3 is 2.19 bits per heavy atom. The van der Waals surface area contributed by atoms with Gasteiger partial charge in [-0.15, -0.1) is 0 Å². The summed E-state index contributed by atoms with van der Waals surface area (Å²) in [7, 11) is 0. The maximum atomic E-state index is 12.9. The van der Waals surface area contributed by atoms with Crippen LogP contribution < -0.4 is 5.73 Å².